The molecule has 2 atom stereocenters. The van der Waals surface area contributed by atoms with Crippen LogP contribution in [0, 0.1) is 5.92 Å². The highest BCUT2D eigenvalue weighted by Crippen LogP contribution is 2.28. The number of nitrogens with zero attached hydrogens (tertiary/aromatic N) is 1. The van der Waals surface area contributed by atoms with Crippen LogP contribution < -0.4 is 0 Å². The molecule has 6 nitrogen and oxygen atoms in total. The molecule has 1 amide bonds. The molecule has 176 valence electrons. The fraction of sp³-hybridized carbons (Fsp3) is 0.720. The van der Waals surface area contributed by atoms with E-state index in [4.69, 9.17) is 9.47 Å². The Kier molecular flexibility index (Phi) is 10.8. The van der Waals surface area contributed by atoms with Crippen molar-refractivity contribution in [2.24, 2.45) is 5.92 Å². The molecule has 1 saturated carbocycles. The third-order valence-corrected chi connectivity index (χ3v) is 5.67. The molecule has 2 rings (SSSR count). The average molecular weight is 436 g/mol. The summed E-state index contributed by atoms with van der Waals surface area (Å²) < 4.78 is 11.4. The Morgan fingerprint density at radius 1 is 1.13 bits per heavy atom. The van der Waals surface area contributed by atoms with Crippen LogP contribution in [0.2, 0.25) is 0 Å². The number of aliphatic hydroxyl groups excluding tert-OH is 2. The van der Waals surface area contributed by atoms with Gasteiger partial charge in [0.15, 0.2) is 0 Å². The van der Waals surface area contributed by atoms with Crippen LogP contribution in [-0.2, 0) is 16.1 Å². The second kappa shape index (κ2) is 13.0. The van der Waals surface area contributed by atoms with Crippen molar-refractivity contribution in [3.05, 3.63) is 35.9 Å². The number of amides is 1. The summed E-state index contributed by atoms with van der Waals surface area (Å²) in [6.07, 6.45) is 6.33. The first kappa shape index (κ1) is 25.6. The van der Waals surface area contributed by atoms with E-state index in [9.17, 15) is 15.0 Å². The third-order valence-electron chi connectivity index (χ3n) is 5.67. The lowest BCUT2D eigenvalue weighted by Crippen LogP contribution is -2.46. The van der Waals surface area contributed by atoms with Crippen molar-refractivity contribution in [3.63, 3.8) is 0 Å². The van der Waals surface area contributed by atoms with E-state index in [2.05, 4.69) is 0 Å². The van der Waals surface area contributed by atoms with Crippen LogP contribution >= 0.6 is 0 Å². The first-order chi connectivity index (χ1) is 14.8. The maximum atomic E-state index is 12.8. The summed E-state index contributed by atoms with van der Waals surface area (Å²) in [5, 5.41) is 20.4. The Morgan fingerprint density at radius 2 is 1.81 bits per heavy atom. The summed E-state index contributed by atoms with van der Waals surface area (Å²) in [6, 6.07) is 9.71. The Bertz CT molecular complexity index is 625. The molecule has 0 radical (unpaired) electrons. The Labute approximate surface area is 187 Å². The van der Waals surface area contributed by atoms with E-state index in [0.717, 1.165) is 12.0 Å². The molecule has 6 heteroatoms. The molecule has 31 heavy (non-hydrogen) atoms. The molecule has 2 unspecified atom stereocenters. The SMILES string of the molecule is CC(C)(C)OC(=O)N(CC(O)CCC1CCCCC1)CC(CO)OCc1ccccc1. The van der Waals surface area contributed by atoms with Gasteiger partial charge in [-0.2, -0.15) is 0 Å². The summed E-state index contributed by atoms with van der Waals surface area (Å²) in [5.74, 6) is 0.678. The number of benzene rings is 1. The minimum absolute atomic E-state index is 0.165. The van der Waals surface area contributed by atoms with Gasteiger partial charge in [0.1, 0.15) is 5.60 Å². The van der Waals surface area contributed by atoms with Gasteiger partial charge in [0.05, 0.1) is 38.5 Å². The highest BCUT2D eigenvalue weighted by Gasteiger charge is 2.27. The summed E-state index contributed by atoms with van der Waals surface area (Å²) in [5.41, 5.74) is 0.361. The van der Waals surface area contributed by atoms with Gasteiger partial charge in [-0.3, -0.25) is 0 Å². The van der Waals surface area contributed by atoms with Crippen LogP contribution in [0.4, 0.5) is 4.79 Å². The second-order valence-corrected chi connectivity index (χ2v) is 9.72. The molecule has 1 aromatic rings. The van der Waals surface area contributed by atoms with E-state index >= 15 is 0 Å². The number of carbonyl (C=O) groups is 1. The van der Waals surface area contributed by atoms with Gasteiger partial charge in [-0.15, -0.1) is 0 Å². The molecule has 0 bridgehead atoms. The monoisotopic (exact) mass is 435 g/mol. The number of hydrogen-bond donors (Lipinski definition) is 2. The number of carbonyl (C=O) groups excluding carboxylic acids is 1. The zero-order valence-electron chi connectivity index (χ0n) is 19.5. The first-order valence-electron chi connectivity index (χ1n) is 11.7. The number of hydrogen-bond acceptors (Lipinski definition) is 5. The number of ether oxygens (including phenoxy) is 2. The molecule has 0 spiro atoms. The average Bonchev–Trinajstić information content (AvgIpc) is 2.74. The Hall–Kier alpha value is -1.63. The summed E-state index contributed by atoms with van der Waals surface area (Å²) in [7, 11) is 0. The molecular weight excluding hydrogens is 394 g/mol. The molecule has 0 saturated heterocycles. The normalized spacial score (nSPS) is 17.2. The molecular formula is C25H41NO5. The van der Waals surface area contributed by atoms with Crippen molar-refractivity contribution in [1.29, 1.82) is 0 Å². The fourth-order valence-corrected chi connectivity index (χ4v) is 4.00. The molecule has 1 aliphatic carbocycles. The highest BCUT2D eigenvalue weighted by molar-refractivity contribution is 5.68. The van der Waals surface area contributed by atoms with Crippen molar-refractivity contribution < 1.29 is 24.5 Å². The lowest BCUT2D eigenvalue weighted by molar-refractivity contribution is -0.0349. The Morgan fingerprint density at radius 3 is 2.42 bits per heavy atom. The maximum Gasteiger partial charge on any atom is 0.410 e. The molecule has 1 aliphatic rings. The maximum absolute atomic E-state index is 12.8. The van der Waals surface area contributed by atoms with Crippen LogP contribution in [0.15, 0.2) is 30.3 Å². The zero-order valence-corrected chi connectivity index (χ0v) is 19.5. The summed E-state index contributed by atoms with van der Waals surface area (Å²) >= 11 is 0. The molecule has 0 aromatic heterocycles. The van der Waals surface area contributed by atoms with E-state index in [0.29, 0.717) is 18.9 Å². The standard InChI is InChI=1S/C25H41NO5/c1-25(2,3)31-24(29)26(16-22(28)15-14-20-10-6-4-7-11-20)17-23(18-27)30-19-21-12-8-5-9-13-21/h5,8-9,12-13,20,22-23,27-28H,4,6-7,10-11,14-19H2,1-3H3. The Balaban J connectivity index is 1.92. The topological polar surface area (TPSA) is 79.2 Å². The van der Waals surface area contributed by atoms with E-state index in [-0.39, 0.29) is 19.7 Å². The van der Waals surface area contributed by atoms with Crippen LogP contribution in [0.3, 0.4) is 0 Å². The largest absolute Gasteiger partial charge is 0.444 e. The van der Waals surface area contributed by atoms with Gasteiger partial charge in [0, 0.05) is 0 Å². The zero-order chi connectivity index (χ0) is 22.7. The van der Waals surface area contributed by atoms with Crippen molar-refractivity contribution in [2.75, 3.05) is 19.7 Å². The quantitative estimate of drug-likeness (QED) is 0.534. The lowest BCUT2D eigenvalue weighted by Gasteiger charge is -2.31. The number of aliphatic hydroxyl groups is 2. The molecule has 0 heterocycles. The van der Waals surface area contributed by atoms with Crippen molar-refractivity contribution in [3.8, 4) is 0 Å². The van der Waals surface area contributed by atoms with Gasteiger partial charge in [0.25, 0.3) is 0 Å². The van der Waals surface area contributed by atoms with Crippen molar-refractivity contribution in [2.45, 2.75) is 90.1 Å². The van der Waals surface area contributed by atoms with Gasteiger partial charge < -0.3 is 24.6 Å². The molecule has 1 aromatic carbocycles. The van der Waals surface area contributed by atoms with Crippen LogP contribution in [0.25, 0.3) is 0 Å². The van der Waals surface area contributed by atoms with Crippen LogP contribution in [0.5, 0.6) is 0 Å². The second-order valence-electron chi connectivity index (χ2n) is 9.72. The number of rotatable bonds is 11. The van der Waals surface area contributed by atoms with Gasteiger partial charge in [-0.25, -0.2) is 4.79 Å². The van der Waals surface area contributed by atoms with E-state index in [1.165, 1.54) is 37.0 Å². The minimum atomic E-state index is -0.637. The predicted octanol–water partition coefficient (Wildman–Crippen LogP) is 4.52. The van der Waals surface area contributed by atoms with Crippen molar-refractivity contribution in [1.82, 2.24) is 4.90 Å². The first-order valence-corrected chi connectivity index (χ1v) is 11.7. The predicted molar refractivity (Wildman–Crippen MR) is 122 cm³/mol. The van der Waals surface area contributed by atoms with Gasteiger partial charge in [-0.1, -0.05) is 62.4 Å². The van der Waals surface area contributed by atoms with Crippen molar-refractivity contribution >= 4 is 6.09 Å². The lowest BCUT2D eigenvalue weighted by atomic mass is 9.85. The van der Waals surface area contributed by atoms with E-state index in [1.807, 2.05) is 51.1 Å². The van der Waals surface area contributed by atoms with E-state index < -0.39 is 23.9 Å². The highest BCUT2D eigenvalue weighted by atomic mass is 16.6. The van der Waals surface area contributed by atoms with Crippen LogP contribution in [-0.4, -0.2) is 58.7 Å². The molecule has 0 aliphatic heterocycles. The minimum Gasteiger partial charge on any atom is -0.444 e. The smallest absolute Gasteiger partial charge is 0.410 e. The molecule has 2 N–H and O–H groups in total. The van der Waals surface area contributed by atoms with Crippen LogP contribution in [0.1, 0.15) is 71.3 Å². The third kappa shape index (κ3) is 10.5. The molecule has 1 fully saturated rings. The van der Waals surface area contributed by atoms with E-state index in [1.54, 1.807) is 0 Å². The van der Waals surface area contributed by atoms with Gasteiger partial charge in [-0.05, 0) is 45.1 Å². The summed E-state index contributed by atoms with van der Waals surface area (Å²) in [4.78, 5) is 14.3. The fourth-order valence-electron chi connectivity index (χ4n) is 4.00. The summed E-state index contributed by atoms with van der Waals surface area (Å²) in [6.45, 7) is 5.92. The van der Waals surface area contributed by atoms with Gasteiger partial charge in [0.2, 0.25) is 0 Å². The van der Waals surface area contributed by atoms with Gasteiger partial charge >= 0.3 is 6.09 Å².